The summed E-state index contributed by atoms with van der Waals surface area (Å²) in [6.45, 7) is 8.18. The van der Waals surface area contributed by atoms with Crippen molar-refractivity contribution in [1.82, 2.24) is 10.1 Å². The van der Waals surface area contributed by atoms with Gasteiger partial charge in [0.05, 0.1) is 5.92 Å². The van der Waals surface area contributed by atoms with Crippen LogP contribution in [0.4, 0.5) is 0 Å². The van der Waals surface area contributed by atoms with Crippen molar-refractivity contribution in [2.24, 2.45) is 5.41 Å². The maximum absolute atomic E-state index is 11.5. The largest absolute Gasteiger partial charge is 0.339 e. The first-order valence-electron chi connectivity index (χ1n) is 7.27. The summed E-state index contributed by atoms with van der Waals surface area (Å²) in [6.07, 6.45) is 5.34. The Morgan fingerprint density at radius 1 is 1.42 bits per heavy atom. The summed E-state index contributed by atoms with van der Waals surface area (Å²) in [6, 6.07) is 0. The molecule has 0 spiro atoms. The van der Waals surface area contributed by atoms with Crippen LogP contribution in [-0.2, 0) is 4.79 Å². The highest BCUT2D eigenvalue weighted by Gasteiger charge is 2.31. The number of rotatable bonds is 4. The molecule has 4 heteroatoms. The van der Waals surface area contributed by atoms with Crippen molar-refractivity contribution in [1.29, 1.82) is 0 Å². The molecule has 1 fully saturated rings. The molecule has 1 aromatic heterocycles. The van der Waals surface area contributed by atoms with Gasteiger partial charge in [0.2, 0.25) is 5.89 Å². The Kier molecular flexibility index (Phi) is 4.07. The third kappa shape index (κ3) is 3.23. The number of nitrogens with zero attached hydrogens (tertiary/aromatic N) is 2. The fourth-order valence-corrected chi connectivity index (χ4v) is 2.85. The average molecular weight is 264 g/mol. The monoisotopic (exact) mass is 264 g/mol. The van der Waals surface area contributed by atoms with E-state index in [9.17, 15) is 4.79 Å². The number of hydrogen-bond acceptors (Lipinski definition) is 4. The molecule has 1 unspecified atom stereocenters. The van der Waals surface area contributed by atoms with E-state index >= 15 is 0 Å². The van der Waals surface area contributed by atoms with E-state index in [4.69, 9.17) is 4.52 Å². The molecule has 0 saturated heterocycles. The van der Waals surface area contributed by atoms with Crippen molar-refractivity contribution in [3.8, 4) is 0 Å². The van der Waals surface area contributed by atoms with E-state index in [0.29, 0.717) is 23.6 Å². The van der Waals surface area contributed by atoms with Crippen molar-refractivity contribution in [2.75, 3.05) is 0 Å². The Morgan fingerprint density at radius 3 is 2.58 bits per heavy atom. The molecule has 1 aliphatic carbocycles. The van der Waals surface area contributed by atoms with E-state index in [1.54, 1.807) is 6.92 Å². The van der Waals surface area contributed by atoms with Gasteiger partial charge in [-0.15, -0.1) is 0 Å². The van der Waals surface area contributed by atoms with Crippen LogP contribution >= 0.6 is 0 Å². The lowest BCUT2D eigenvalue weighted by atomic mass is 9.73. The van der Waals surface area contributed by atoms with Crippen molar-refractivity contribution < 1.29 is 9.32 Å². The zero-order valence-corrected chi connectivity index (χ0v) is 12.4. The van der Waals surface area contributed by atoms with Crippen LogP contribution in [0, 0.1) is 5.41 Å². The molecule has 0 amide bonds. The van der Waals surface area contributed by atoms with E-state index in [0.717, 1.165) is 18.7 Å². The first-order chi connectivity index (χ1) is 8.93. The Balaban J connectivity index is 2.07. The van der Waals surface area contributed by atoms with Gasteiger partial charge < -0.3 is 4.52 Å². The minimum absolute atomic E-state index is 0.0995. The van der Waals surface area contributed by atoms with Crippen molar-refractivity contribution in [2.45, 2.75) is 71.6 Å². The minimum Gasteiger partial charge on any atom is -0.339 e. The third-order valence-electron chi connectivity index (χ3n) is 4.36. The quantitative estimate of drug-likeness (QED) is 0.829. The Morgan fingerprint density at radius 2 is 2.05 bits per heavy atom. The van der Waals surface area contributed by atoms with Gasteiger partial charge in [0.25, 0.3) is 0 Å². The first-order valence-corrected chi connectivity index (χ1v) is 7.27. The second-order valence-electron chi connectivity index (χ2n) is 6.50. The summed E-state index contributed by atoms with van der Waals surface area (Å²) in [5, 5.41) is 4.10. The number of aromatic nitrogens is 2. The Bertz CT molecular complexity index is 441. The third-order valence-corrected chi connectivity index (χ3v) is 4.36. The molecule has 1 saturated carbocycles. The topological polar surface area (TPSA) is 56.0 Å². The number of carbonyl (C=O) groups is 1. The maximum atomic E-state index is 11.5. The van der Waals surface area contributed by atoms with Crippen LogP contribution in [-0.4, -0.2) is 15.9 Å². The number of ketones is 1. The van der Waals surface area contributed by atoms with Gasteiger partial charge in [-0.25, -0.2) is 0 Å². The van der Waals surface area contributed by atoms with Crippen LogP contribution in [0.25, 0.3) is 0 Å². The highest BCUT2D eigenvalue weighted by molar-refractivity contribution is 5.82. The number of Topliss-reactive ketones (excluding diaryl/α,β-unsaturated/α-hetero) is 1. The zero-order chi connectivity index (χ0) is 14.0. The molecule has 19 heavy (non-hydrogen) atoms. The van der Waals surface area contributed by atoms with Crippen LogP contribution in [0.3, 0.4) is 0 Å². The van der Waals surface area contributed by atoms with Crippen molar-refractivity contribution >= 4 is 5.78 Å². The van der Waals surface area contributed by atoms with Gasteiger partial charge >= 0.3 is 0 Å². The number of carbonyl (C=O) groups excluding carboxylic acids is 1. The van der Waals surface area contributed by atoms with Crippen LogP contribution < -0.4 is 0 Å². The van der Waals surface area contributed by atoms with Gasteiger partial charge in [-0.05, 0) is 44.4 Å². The van der Waals surface area contributed by atoms with Gasteiger partial charge in [-0.2, -0.15) is 4.98 Å². The molecular formula is C15H24N2O2. The maximum Gasteiger partial charge on any atom is 0.237 e. The van der Waals surface area contributed by atoms with E-state index < -0.39 is 0 Å². The first kappa shape index (κ1) is 14.2. The molecule has 1 aliphatic rings. The molecule has 1 heterocycles. The minimum atomic E-state index is -0.235. The predicted molar refractivity (Wildman–Crippen MR) is 73.0 cm³/mol. The normalized spacial score (nSPS) is 21.3. The molecule has 1 aromatic rings. The van der Waals surface area contributed by atoms with E-state index in [1.165, 1.54) is 12.8 Å². The lowest BCUT2D eigenvalue weighted by Gasteiger charge is -2.32. The van der Waals surface area contributed by atoms with Gasteiger partial charge in [-0.1, -0.05) is 25.9 Å². The molecule has 0 radical (unpaired) electrons. The number of hydrogen-bond donors (Lipinski definition) is 0. The molecule has 0 bridgehead atoms. The van der Waals surface area contributed by atoms with Crippen molar-refractivity contribution in [3.63, 3.8) is 0 Å². The SMILES string of the molecule is CCC(C(C)=O)c1nc(C2CCC(C)(C)CC2)no1. The smallest absolute Gasteiger partial charge is 0.237 e. The summed E-state index contributed by atoms with van der Waals surface area (Å²) in [5.41, 5.74) is 0.439. The fraction of sp³-hybridized carbons (Fsp3) is 0.800. The summed E-state index contributed by atoms with van der Waals surface area (Å²) in [7, 11) is 0. The van der Waals surface area contributed by atoms with Crippen LogP contribution in [0.2, 0.25) is 0 Å². The van der Waals surface area contributed by atoms with Crippen LogP contribution in [0.15, 0.2) is 4.52 Å². The molecule has 0 aliphatic heterocycles. The molecule has 0 aromatic carbocycles. The average Bonchev–Trinajstić information content (AvgIpc) is 2.79. The molecule has 106 valence electrons. The van der Waals surface area contributed by atoms with E-state index in [2.05, 4.69) is 24.0 Å². The molecule has 4 nitrogen and oxygen atoms in total. The van der Waals surface area contributed by atoms with Gasteiger partial charge in [-0.3, -0.25) is 4.79 Å². The lowest BCUT2D eigenvalue weighted by Crippen LogP contribution is -2.20. The van der Waals surface area contributed by atoms with E-state index in [1.807, 2.05) is 6.92 Å². The summed E-state index contributed by atoms with van der Waals surface area (Å²) in [4.78, 5) is 16.0. The second-order valence-corrected chi connectivity index (χ2v) is 6.50. The standard InChI is InChI=1S/C15H24N2O2/c1-5-12(10(2)18)14-16-13(17-19-14)11-6-8-15(3,4)9-7-11/h11-12H,5-9H2,1-4H3. The molecular weight excluding hydrogens is 240 g/mol. The highest BCUT2D eigenvalue weighted by Crippen LogP contribution is 2.41. The van der Waals surface area contributed by atoms with Crippen LogP contribution in [0.5, 0.6) is 0 Å². The van der Waals surface area contributed by atoms with Crippen molar-refractivity contribution in [3.05, 3.63) is 11.7 Å². The molecule has 1 atom stereocenters. The van der Waals surface area contributed by atoms with Gasteiger partial charge in [0.1, 0.15) is 5.78 Å². The summed E-state index contributed by atoms with van der Waals surface area (Å²) in [5.74, 6) is 1.55. The summed E-state index contributed by atoms with van der Waals surface area (Å²) < 4.78 is 5.30. The second kappa shape index (κ2) is 5.43. The highest BCUT2D eigenvalue weighted by atomic mass is 16.5. The van der Waals surface area contributed by atoms with Gasteiger partial charge in [0, 0.05) is 5.92 Å². The fourth-order valence-electron chi connectivity index (χ4n) is 2.85. The predicted octanol–water partition coefficient (Wildman–Crippen LogP) is 3.84. The van der Waals surface area contributed by atoms with Crippen LogP contribution in [0.1, 0.15) is 83.3 Å². The summed E-state index contributed by atoms with van der Waals surface area (Å²) >= 11 is 0. The molecule has 2 rings (SSSR count). The van der Waals surface area contributed by atoms with Gasteiger partial charge in [0.15, 0.2) is 5.82 Å². The Hall–Kier alpha value is -1.19. The Labute approximate surface area is 115 Å². The molecule has 0 N–H and O–H groups in total. The lowest BCUT2D eigenvalue weighted by molar-refractivity contribution is -0.119. The zero-order valence-electron chi connectivity index (χ0n) is 12.4. The van der Waals surface area contributed by atoms with E-state index in [-0.39, 0.29) is 11.7 Å².